The van der Waals surface area contributed by atoms with Gasteiger partial charge in [-0.3, -0.25) is 14.9 Å². The first-order valence-electron chi connectivity index (χ1n) is 4.77. The second-order valence-corrected chi connectivity index (χ2v) is 3.90. The molecule has 1 aliphatic heterocycles. The number of hydrogen-bond acceptors (Lipinski definition) is 6. The SMILES string of the molecule is NC(=S)c1ccnnc1N1CC(=O)NC(=O)C1. The fourth-order valence-electron chi connectivity index (χ4n) is 1.54. The fraction of sp³-hybridized carbons (Fsp3) is 0.222. The number of anilines is 1. The van der Waals surface area contributed by atoms with Crippen LogP contribution in [0.15, 0.2) is 12.3 Å². The third kappa shape index (κ3) is 2.36. The first kappa shape index (κ1) is 11.4. The lowest BCUT2D eigenvalue weighted by molar-refractivity contribution is -0.130. The zero-order chi connectivity index (χ0) is 12.4. The summed E-state index contributed by atoms with van der Waals surface area (Å²) in [5.41, 5.74) is 6.04. The van der Waals surface area contributed by atoms with Gasteiger partial charge < -0.3 is 10.6 Å². The third-order valence-corrected chi connectivity index (χ3v) is 2.43. The molecule has 0 unspecified atom stereocenters. The van der Waals surface area contributed by atoms with Crippen molar-refractivity contribution in [3.8, 4) is 0 Å². The van der Waals surface area contributed by atoms with Gasteiger partial charge in [-0.2, -0.15) is 5.10 Å². The Morgan fingerprint density at radius 1 is 1.41 bits per heavy atom. The van der Waals surface area contributed by atoms with E-state index in [0.717, 1.165) is 0 Å². The molecule has 1 aromatic rings. The largest absolute Gasteiger partial charge is 0.389 e. The van der Waals surface area contributed by atoms with Crippen LogP contribution >= 0.6 is 12.2 Å². The fourth-order valence-corrected chi connectivity index (χ4v) is 1.70. The third-order valence-electron chi connectivity index (χ3n) is 2.21. The van der Waals surface area contributed by atoms with E-state index in [1.165, 1.54) is 11.1 Å². The van der Waals surface area contributed by atoms with Gasteiger partial charge in [0.2, 0.25) is 11.8 Å². The monoisotopic (exact) mass is 251 g/mol. The first-order chi connectivity index (χ1) is 8.08. The maximum atomic E-state index is 11.3. The van der Waals surface area contributed by atoms with Gasteiger partial charge in [-0.25, -0.2) is 0 Å². The quantitative estimate of drug-likeness (QED) is 0.491. The minimum absolute atomic E-state index is 0.0278. The molecule has 88 valence electrons. The van der Waals surface area contributed by atoms with Crippen molar-refractivity contribution < 1.29 is 9.59 Å². The zero-order valence-electron chi connectivity index (χ0n) is 8.71. The molecule has 7 nitrogen and oxygen atoms in total. The van der Waals surface area contributed by atoms with Crippen molar-refractivity contribution in [3.63, 3.8) is 0 Å². The Morgan fingerprint density at radius 2 is 2.06 bits per heavy atom. The number of nitrogens with one attached hydrogen (secondary N) is 1. The summed E-state index contributed by atoms with van der Waals surface area (Å²) >= 11 is 4.88. The molecule has 1 fully saturated rings. The van der Waals surface area contributed by atoms with E-state index in [0.29, 0.717) is 11.4 Å². The predicted octanol–water partition coefficient (Wildman–Crippen LogP) is -1.43. The summed E-state index contributed by atoms with van der Waals surface area (Å²) in [5, 5.41) is 9.77. The van der Waals surface area contributed by atoms with Crippen molar-refractivity contribution in [2.75, 3.05) is 18.0 Å². The van der Waals surface area contributed by atoms with Crippen molar-refractivity contribution in [1.82, 2.24) is 15.5 Å². The van der Waals surface area contributed by atoms with E-state index in [1.807, 2.05) is 0 Å². The Bertz CT molecular complexity index is 488. The van der Waals surface area contributed by atoms with Gasteiger partial charge >= 0.3 is 0 Å². The van der Waals surface area contributed by atoms with E-state index in [4.69, 9.17) is 18.0 Å². The number of amides is 2. The number of carbonyl (C=O) groups excluding carboxylic acids is 2. The molecule has 0 saturated carbocycles. The molecule has 0 atom stereocenters. The lowest BCUT2D eigenvalue weighted by atomic mass is 10.2. The highest BCUT2D eigenvalue weighted by atomic mass is 32.1. The van der Waals surface area contributed by atoms with Crippen LogP contribution in [0.3, 0.4) is 0 Å². The molecular formula is C9H9N5O2S. The van der Waals surface area contributed by atoms with Crippen molar-refractivity contribution in [2.24, 2.45) is 5.73 Å². The number of aromatic nitrogens is 2. The molecular weight excluding hydrogens is 242 g/mol. The molecule has 1 aromatic heterocycles. The molecule has 0 spiro atoms. The van der Waals surface area contributed by atoms with Crippen molar-refractivity contribution >= 4 is 34.8 Å². The van der Waals surface area contributed by atoms with E-state index < -0.39 is 0 Å². The van der Waals surface area contributed by atoms with Crippen molar-refractivity contribution in [3.05, 3.63) is 17.8 Å². The molecule has 0 aliphatic carbocycles. The maximum Gasteiger partial charge on any atom is 0.246 e. The zero-order valence-corrected chi connectivity index (χ0v) is 9.53. The molecule has 1 saturated heterocycles. The molecule has 0 bridgehead atoms. The Hall–Kier alpha value is -2.09. The summed E-state index contributed by atoms with van der Waals surface area (Å²) in [5.74, 6) is -0.426. The van der Waals surface area contributed by atoms with Crippen LogP contribution in [0.1, 0.15) is 5.56 Å². The van der Waals surface area contributed by atoms with Gasteiger partial charge in [0.05, 0.1) is 24.8 Å². The summed E-state index contributed by atoms with van der Waals surface area (Å²) in [6.45, 7) is 0.0556. The Morgan fingerprint density at radius 3 is 2.65 bits per heavy atom. The number of thiocarbonyl (C=S) groups is 1. The van der Waals surface area contributed by atoms with Crippen LogP contribution in [0.25, 0.3) is 0 Å². The standard InChI is InChI=1S/C9H9N5O2S/c10-8(17)5-1-2-11-13-9(5)14-3-6(15)12-7(16)4-14/h1-2H,3-4H2,(H2,10,17)(H,12,15,16). The van der Waals surface area contributed by atoms with Gasteiger partial charge in [-0.1, -0.05) is 12.2 Å². The highest BCUT2D eigenvalue weighted by Crippen LogP contribution is 2.16. The molecule has 2 rings (SSSR count). The van der Waals surface area contributed by atoms with Crippen LogP contribution < -0.4 is 16.0 Å². The number of nitrogens with two attached hydrogens (primary N) is 1. The average Bonchev–Trinajstić information content (AvgIpc) is 2.27. The topological polar surface area (TPSA) is 101 Å². The highest BCUT2D eigenvalue weighted by molar-refractivity contribution is 7.80. The molecule has 0 radical (unpaired) electrons. The number of imide groups is 1. The van der Waals surface area contributed by atoms with Crippen molar-refractivity contribution in [2.45, 2.75) is 0 Å². The molecule has 1 aliphatic rings. The van der Waals surface area contributed by atoms with E-state index in [9.17, 15) is 9.59 Å². The smallest absolute Gasteiger partial charge is 0.246 e. The van der Waals surface area contributed by atoms with Crippen LogP contribution in [0, 0.1) is 0 Å². The molecule has 0 aromatic carbocycles. The Balaban J connectivity index is 2.36. The first-order valence-corrected chi connectivity index (χ1v) is 5.18. The second-order valence-electron chi connectivity index (χ2n) is 3.46. The van der Waals surface area contributed by atoms with Gasteiger partial charge in [0.25, 0.3) is 0 Å². The molecule has 8 heteroatoms. The summed E-state index contributed by atoms with van der Waals surface area (Å²) in [6, 6.07) is 1.60. The van der Waals surface area contributed by atoms with Crippen LogP contribution in [0.4, 0.5) is 5.82 Å². The lowest BCUT2D eigenvalue weighted by Crippen LogP contribution is -2.52. The average molecular weight is 251 g/mol. The molecule has 3 N–H and O–H groups in total. The lowest BCUT2D eigenvalue weighted by Gasteiger charge is -2.27. The van der Waals surface area contributed by atoms with Crippen LogP contribution in [0.5, 0.6) is 0 Å². The van der Waals surface area contributed by atoms with E-state index >= 15 is 0 Å². The van der Waals surface area contributed by atoms with Crippen LogP contribution in [-0.2, 0) is 9.59 Å². The minimum atomic E-state index is -0.388. The van der Waals surface area contributed by atoms with E-state index in [1.54, 1.807) is 6.07 Å². The summed E-state index contributed by atoms with van der Waals surface area (Å²) < 4.78 is 0. The van der Waals surface area contributed by atoms with Crippen molar-refractivity contribution in [1.29, 1.82) is 0 Å². The van der Waals surface area contributed by atoms with Gasteiger partial charge in [0.15, 0.2) is 5.82 Å². The highest BCUT2D eigenvalue weighted by Gasteiger charge is 2.25. The van der Waals surface area contributed by atoms with Gasteiger partial charge in [-0.15, -0.1) is 5.10 Å². The van der Waals surface area contributed by atoms with Crippen LogP contribution in [0.2, 0.25) is 0 Å². The summed E-state index contributed by atoms with van der Waals surface area (Å²) in [7, 11) is 0. The second kappa shape index (κ2) is 4.42. The van der Waals surface area contributed by atoms with Gasteiger partial charge in [0.1, 0.15) is 4.99 Å². The number of carbonyl (C=O) groups is 2. The van der Waals surface area contributed by atoms with E-state index in [-0.39, 0.29) is 29.9 Å². The number of hydrogen-bond donors (Lipinski definition) is 2. The Kier molecular flexibility index (Phi) is 2.96. The molecule has 2 amide bonds. The molecule has 17 heavy (non-hydrogen) atoms. The number of nitrogens with zero attached hydrogens (tertiary/aromatic N) is 3. The number of piperazine rings is 1. The summed E-state index contributed by atoms with van der Waals surface area (Å²) in [4.78, 5) is 24.1. The van der Waals surface area contributed by atoms with Gasteiger partial charge in [-0.05, 0) is 6.07 Å². The van der Waals surface area contributed by atoms with Gasteiger partial charge in [0, 0.05) is 0 Å². The van der Waals surface area contributed by atoms with Crippen LogP contribution in [-0.4, -0.2) is 40.1 Å². The minimum Gasteiger partial charge on any atom is -0.389 e. The van der Waals surface area contributed by atoms with E-state index in [2.05, 4.69) is 15.5 Å². The Labute approximate surface area is 102 Å². The summed E-state index contributed by atoms with van der Waals surface area (Å²) in [6.07, 6.45) is 1.45. The maximum absolute atomic E-state index is 11.3. The predicted molar refractivity (Wildman–Crippen MR) is 63.3 cm³/mol. The normalized spacial score (nSPS) is 15.6. The number of rotatable bonds is 2. The molecule has 2 heterocycles.